The molecule has 1 aromatic heterocycles. The summed E-state index contributed by atoms with van der Waals surface area (Å²) in [5, 5.41) is 4.41. The van der Waals surface area contributed by atoms with Gasteiger partial charge < -0.3 is 23.5 Å². The molecular formula is C18H31BN2O5. The van der Waals surface area contributed by atoms with E-state index in [0.717, 1.165) is 51.5 Å². The maximum atomic E-state index is 6.10. The van der Waals surface area contributed by atoms with Crippen LogP contribution in [0.15, 0.2) is 12.3 Å². The lowest BCUT2D eigenvalue weighted by Crippen LogP contribution is -2.42. The lowest BCUT2D eigenvalue weighted by atomic mass is 9.84. The highest BCUT2D eigenvalue weighted by Crippen LogP contribution is 2.36. The summed E-state index contributed by atoms with van der Waals surface area (Å²) in [7, 11) is -0.381. The van der Waals surface area contributed by atoms with Crippen molar-refractivity contribution in [2.45, 2.75) is 64.4 Å². The Morgan fingerprint density at radius 1 is 0.962 bits per heavy atom. The van der Waals surface area contributed by atoms with Gasteiger partial charge in [-0.25, -0.2) is 4.68 Å². The third-order valence-corrected chi connectivity index (χ3v) is 5.37. The number of nitrogens with zero attached hydrogens (tertiary/aromatic N) is 2. The SMILES string of the molecule is C1COCCO1.CC1(C)OB(c2ccnn2C2CCCCO2)OC1(C)C. The van der Waals surface area contributed by atoms with Gasteiger partial charge in [-0.15, -0.1) is 0 Å². The second-order valence-corrected chi connectivity index (χ2v) is 7.83. The summed E-state index contributed by atoms with van der Waals surface area (Å²) < 4.78 is 29.8. The molecule has 7 nitrogen and oxygen atoms in total. The van der Waals surface area contributed by atoms with Gasteiger partial charge in [0.2, 0.25) is 0 Å². The zero-order valence-corrected chi connectivity index (χ0v) is 16.4. The van der Waals surface area contributed by atoms with Crippen LogP contribution in [0, 0.1) is 0 Å². The monoisotopic (exact) mass is 366 g/mol. The number of hydrogen-bond donors (Lipinski definition) is 0. The Balaban J connectivity index is 0.000000278. The molecule has 0 bridgehead atoms. The van der Waals surface area contributed by atoms with E-state index in [2.05, 4.69) is 32.8 Å². The molecule has 146 valence electrons. The van der Waals surface area contributed by atoms with Gasteiger partial charge in [0.1, 0.15) is 6.23 Å². The van der Waals surface area contributed by atoms with Gasteiger partial charge in [-0.05, 0) is 53.0 Å². The fourth-order valence-electron chi connectivity index (χ4n) is 3.07. The Hall–Kier alpha value is -0.925. The maximum Gasteiger partial charge on any atom is 0.514 e. The van der Waals surface area contributed by atoms with Crippen LogP contribution >= 0.6 is 0 Å². The summed E-state index contributed by atoms with van der Waals surface area (Å²) in [6, 6.07) is 1.96. The first kappa shape index (κ1) is 19.8. The zero-order valence-electron chi connectivity index (χ0n) is 16.4. The zero-order chi connectivity index (χ0) is 18.6. The Labute approximate surface area is 156 Å². The van der Waals surface area contributed by atoms with E-state index in [0.29, 0.717) is 0 Å². The van der Waals surface area contributed by atoms with E-state index in [1.165, 1.54) is 6.42 Å². The van der Waals surface area contributed by atoms with Crippen LogP contribution < -0.4 is 5.59 Å². The van der Waals surface area contributed by atoms with E-state index in [9.17, 15) is 0 Å². The third kappa shape index (κ3) is 4.48. The summed E-state index contributed by atoms with van der Waals surface area (Å²) >= 11 is 0. The minimum atomic E-state index is -0.381. The van der Waals surface area contributed by atoms with E-state index >= 15 is 0 Å². The van der Waals surface area contributed by atoms with Crippen molar-refractivity contribution in [1.29, 1.82) is 0 Å². The smallest absolute Gasteiger partial charge is 0.398 e. The average Bonchev–Trinajstić information content (AvgIpc) is 3.20. The normalized spacial score (nSPS) is 27.7. The first-order valence-corrected chi connectivity index (χ1v) is 9.57. The van der Waals surface area contributed by atoms with Crippen molar-refractivity contribution in [2.75, 3.05) is 33.0 Å². The van der Waals surface area contributed by atoms with Crippen LogP contribution in [0.5, 0.6) is 0 Å². The molecule has 26 heavy (non-hydrogen) atoms. The summed E-state index contributed by atoms with van der Waals surface area (Å²) in [6.45, 7) is 12.2. The van der Waals surface area contributed by atoms with Gasteiger partial charge in [-0.3, -0.25) is 0 Å². The van der Waals surface area contributed by atoms with Crippen molar-refractivity contribution in [2.24, 2.45) is 0 Å². The minimum absolute atomic E-state index is 0.00720. The summed E-state index contributed by atoms with van der Waals surface area (Å²) in [6.07, 6.45) is 5.09. The van der Waals surface area contributed by atoms with Crippen molar-refractivity contribution in [1.82, 2.24) is 9.78 Å². The molecule has 3 fully saturated rings. The van der Waals surface area contributed by atoms with Crippen molar-refractivity contribution in [3.63, 3.8) is 0 Å². The van der Waals surface area contributed by atoms with Gasteiger partial charge in [0.25, 0.3) is 0 Å². The molecule has 3 aliphatic heterocycles. The molecule has 0 spiro atoms. The van der Waals surface area contributed by atoms with Gasteiger partial charge in [0.05, 0.1) is 43.2 Å². The molecule has 1 unspecified atom stereocenters. The third-order valence-electron chi connectivity index (χ3n) is 5.37. The van der Waals surface area contributed by atoms with Crippen LogP contribution in [0.1, 0.15) is 53.2 Å². The largest absolute Gasteiger partial charge is 0.514 e. The van der Waals surface area contributed by atoms with Crippen molar-refractivity contribution >= 4 is 12.7 Å². The molecule has 1 atom stereocenters. The molecule has 3 aliphatic rings. The topological polar surface area (TPSA) is 64.0 Å². The lowest BCUT2D eigenvalue weighted by molar-refractivity contribution is -0.0379. The molecule has 0 aromatic carbocycles. The van der Waals surface area contributed by atoms with Crippen LogP contribution in [0.25, 0.3) is 0 Å². The number of rotatable bonds is 2. The van der Waals surface area contributed by atoms with Crippen LogP contribution in [0.3, 0.4) is 0 Å². The standard InChI is InChI=1S/C14H23BN2O3.C4H8O2/c1-13(2)14(3,4)20-15(19-13)11-8-9-16-17(11)12-7-5-6-10-18-12;1-2-6-4-3-5-1/h8-9,12H,5-7,10H2,1-4H3;1-4H2. The van der Waals surface area contributed by atoms with E-state index in [4.69, 9.17) is 23.5 Å². The molecule has 0 N–H and O–H groups in total. The molecule has 3 saturated heterocycles. The molecule has 1 aromatic rings. The van der Waals surface area contributed by atoms with Crippen molar-refractivity contribution in [3.8, 4) is 0 Å². The molecule has 0 aliphatic carbocycles. The minimum Gasteiger partial charge on any atom is -0.398 e. The molecule has 4 rings (SSSR count). The van der Waals surface area contributed by atoms with Crippen LogP contribution in [0.4, 0.5) is 0 Å². The molecule has 0 radical (unpaired) electrons. The second kappa shape index (κ2) is 8.40. The maximum absolute atomic E-state index is 6.10. The van der Waals surface area contributed by atoms with E-state index in [-0.39, 0.29) is 24.5 Å². The van der Waals surface area contributed by atoms with Gasteiger partial charge >= 0.3 is 7.12 Å². The predicted octanol–water partition coefficient (Wildman–Crippen LogP) is 1.91. The van der Waals surface area contributed by atoms with Crippen LogP contribution in [-0.4, -0.2) is 61.1 Å². The average molecular weight is 366 g/mol. The van der Waals surface area contributed by atoms with E-state index in [1.54, 1.807) is 6.20 Å². The Morgan fingerprint density at radius 3 is 2.08 bits per heavy atom. The number of hydrogen-bond acceptors (Lipinski definition) is 6. The van der Waals surface area contributed by atoms with Crippen molar-refractivity contribution < 1.29 is 23.5 Å². The van der Waals surface area contributed by atoms with Gasteiger partial charge in [-0.2, -0.15) is 5.10 Å². The molecule has 0 amide bonds. The number of aromatic nitrogens is 2. The van der Waals surface area contributed by atoms with Crippen LogP contribution in [-0.2, 0) is 23.5 Å². The highest BCUT2D eigenvalue weighted by atomic mass is 16.7. The van der Waals surface area contributed by atoms with Gasteiger partial charge in [0, 0.05) is 12.8 Å². The van der Waals surface area contributed by atoms with E-state index < -0.39 is 0 Å². The van der Waals surface area contributed by atoms with Gasteiger partial charge in [-0.1, -0.05) is 0 Å². The fourth-order valence-corrected chi connectivity index (χ4v) is 3.07. The fraction of sp³-hybridized carbons (Fsp3) is 0.833. The second-order valence-electron chi connectivity index (χ2n) is 7.83. The first-order chi connectivity index (χ1) is 12.4. The quantitative estimate of drug-likeness (QED) is 0.746. The molecule has 8 heteroatoms. The molecule has 0 saturated carbocycles. The van der Waals surface area contributed by atoms with Crippen molar-refractivity contribution in [3.05, 3.63) is 12.3 Å². The summed E-state index contributed by atoms with van der Waals surface area (Å²) in [5.41, 5.74) is 0.274. The van der Waals surface area contributed by atoms with Crippen LogP contribution in [0.2, 0.25) is 0 Å². The first-order valence-electron chi connectivity index (χ1n) is 9.57. The highest BCUT2D eigenvalue weighted by Gasteiger charge is 2.53. The Morgan fingerprint density at radius 2 is 1.58 bits per heavy atom. The number of ether oxygens (including phenoxy) is 3. The summed E-state index contributed by atoms with van der Waals surface area (Å²) in [5.74, 6) is 0. The predicted molar refractivity (Wildman–Crippen MR) is 98.4 cm³/mol. The summed E-state index contributed by atoms with van der Waals surface area (Å²) in [4.78, 5) is 0. The Bertz CT molecular complexity index is 540. The lowest BCUT2D eigenvalue weighted by Gasteiger charge is -2.32. The molecular weight excluding hydrogens is 335 g/mol. The van der Waals surface area contributed by atoms with Gasteiger partial charge in [0.15, 0.2) is 0 Å². The highest BCUT2D eigenvalue weighted by molar-refractivity contribution is 6.61. The molecule has 4 heterocycles. The Kier molecular flexibility index (Phi) is 6.40. The van der Waals surface area contributed by atoms with E-state index in [1.807, 2.05) is 10.7 Å².